The molecule has 0 atom stereocenters. The number of aromatic nitrogens is 1. The highest BCUT2D eigenvalue weighted by atomic mass is 35.5. The minimum atomic E-state index is -0.687. The van der Waals surface area contributed by atoms with Crippen LogP contribution in [-0.2, 0) is 9.63 Å². The third-order valence-corrected chi connectivity index (χ3v) is 3.71. The van der Waals surface area contributed by atoms with Crippen molar-refractivity contribution in [3.05, 3.63) is 95.0 Å². The Bertz CT molecular complexity index is 930. The van der Waals surface area contributed by atoms with Crippen molar-refractivity contribution in [1.82, 2.24) is 4.98 Å². The number of halogens is 2. The Morgan fingerprint density at radius 2 is 1.78 bits per heavy atom. The predicted octanol–water partition coefficient (Wildman–Crippen LogP) is 4.25. The minimum Gasteiger partial charge on any atom is -0.482 e. The lowest BCUT2D eigenvalue weighted by Crippen LogP contribution is -2.14. The van der Waals surface area contributed by atoms with E-state index in [4.69, 9.17) is 21.2 Å². The number of hydrogen-bond acceptors (Lipinski definition) is 5. The predicted molar refractivity (Wildman–Crippen MR) is 99.3 cm³/mol. The van der Waals surface area contributed by atoms with Gasteiger partial charge in [-0.1, -0.05) is 16.8 Å². The quantitative estimate of drug-likeness (QED) is 0.362. The average molecular weight is 385 g/mol. The molecule has 0 aliphatic carbocycles. The van der Waals surface area contributed by atoms with Crippen LogP contribution in [0.4, 0.5) is 4.39 Å². The lowest BCUT2D eigenvalue weighted by atomic mass is 10.0. The van der Waals surface area contributed by atoms with Crippen molar-refractivity contribution in [3.63, 3.8) is 0 Å². The van der Waals surface area contributed by atoms with Gasteiger partial charge in [-0.15, -0.1) is 0 Å². The van der Waals surface area contributed by atoms with Crippen LogP contribution in [0.25, 0.3) is 0 Å². The lowest BCUT2D eigenvalue weighted by molar-refractivity contribution is -0.146. The molecule has 3 rings (SSSR count). The van der Waals surface area contributed by atoms with Gasteiger partial charge in [-0.05, 0) is 60.7 Å². The van der Waals surface area contributed by atoms with Crippen LogP contribution in [0.5, 0.6) is 5.75 Å². The van der Waals surface area contributed by atoms with E-state index in [2.05, 4.69) is 10.1 Å². The van der Waals surface area contributed by atoms with Crippen molar-refractivity contribution in [2.24, 2.45) is 5.16 Å². The summed E-state index contributed by atoms with van der Waals surface area (Å²) in [6, 6.07) is 15.7. The zero-order valence-electron chi connectivity index (χ0n) is 14.0. The van der Waals surface area contributed by atoms with Crippen LogP contribution in [0.3, 0.4) is 0 Å². The SMILES string of the molecule is O=C(COc1ccc(Cl)cc1)ON=C(c1ccc(F)cc1)c1cccnc1. The monoisotopic (exact) mass is 384 g/mol. The molecule has 1 heterocycles. The molecule has 3 aromatic rings. The van der Waals surface area contributed by atoms with Crippen molar-refractivity contribution in [2.75, 3.05) is 6.61 Å². The first-order valence-electron chi connectivity index (χ1n) is 7.94. The number of rotatable bonds is 6. The maximum Gasteiger partial charge on any atom is 0.372 e. The highest BCUT2D eigenvalue weighted by Gasteiger charge is 2.11. The minimum absolute atomic E-state index is 0.325. The van der Waals surface area contributed by atoms with Gasteiger partial charge < -0.3 is 9.57 Å². The summed E-state index contributed by atoms with van der Waals surface area (Å²) in [7, 11) is 0. The van der Waals surface area contributed by atoms with Gasteiger partial charge in [0.05, 0.1) is 0 Å². The summed E-state index contributed by atoms with van der Waals surface area (Å²) in [5, 5.41) is 4.49. The van der Waals surface area contributed by atoms with Crippen LogP contribution in [-0.4, -0.2) is 23.3 Å². The van der Waals surface area contributed by atoms with Crippen molar-refractivity contribution in [2.45, 2.75) is 0 Å². The smallest absolute Gasteiger partial charge is 0.372 e. The van der Waals surface area contributed by atoms with Gasteiger partial charge in [-0.2, -0.15) is 0 Å². The molecule has 0 aliphatic rings. The summed E-state index contributed by atoms with van der Waals surface area (Å²) < 4.78 is 18.5. The molecule has 0 spiro atoms. The fourth-order valence-electron chi connectivity index (χ4n) is 2.18. The Morgan fingerprint density at radius 3 is 2.44 bits per heavy atom. The molecule has 0 amide bonds. The zero-order chi connectivity index (χ0) is 19.1. The van der Waals surface area contributed by atoms with E-state index in [1.165, 1.54) is 12.1 Å². The van der Waals surface area contributed by atoms with Crippen LogP contribution < -0.4 is 4.74 Å². The molecule has 0 saturated carbocycles. The fraction of sp³-hybridized carbons (Fsp3) is 0.0500. The van der Waals surface area contributed by atoms with E-state index in [1.807, 2.05) is 0 Å². The van der Waals surface area contributed by atoms with Crippen LogP contribution >= 0.6 is 11.6 Å². The highest BCUT2D eigenvalue weighted by molar-refractivity contribution is 6.30. The molecule has 1 aromatic heterocycles. The van der Waals surface area contributed by atoms with Gasteiger partial charge in [-0.25, -0.2) is 9.18 Å². The maximum atomic E-state index is 13.2. The van der Waals surface area contributed by atoms with E-state index >= 15 is 0 Å². The molecular formula is C20H14ClFN2O3. The third kappa shape index (κ3) is 5.36. The molecule has 0 radical (unpaired) electrons. The van der Waals surface area contributed by atoms with Crippen LogP contribution in [0.2, 0.25) is 5.02 Å². The van der Waals surface area contributed by atoms with Gasteiger partial charge in [0.15, 0.2) is 6.61 Å². The van der Waals surface area contributed by atoms with Gasteiger partial charge >= 0.3 is 5.97 Å². The second kappa shape index (κ2) is 8.91. The van der Waals surface area contributed by atoms with Gasteiger partial charge in [0.1, 0.15) is 17.3 Å². The average Bonchev–Trinajstić information content (AvgIpc) is 2.70. The molecule has 7 heteroatoms. The van der Waals surface area contributed by atoms with Crippen LogP contribution in [0.15, 0.2) is 78.2 Å². The second-order valence-corrected chi connectivity index (χ2v) is 5.83. The number of oxime groups is 1. The Hall–Kier alpha value is -3.25. The summed E-state index contributed by atoms with van der Waals surface area (Å²) in [4.78, 5) is 20.9. The molecule has 0 N–H and O–H groups in total. The normalized spacial score (nSPS) is 11.1. The fourth-order valence-corrected chi connectivity index (χ4v) is 2.30. The molecule has 0 saturated heterocycles. The number of benzene rings is 2. The molecule has 0 bridgehead atoms. The van der Waals surface area contributed by atoms with Gasteiger partial charge in [0.2, 0.25) is 0 Å². The third-order valence-electron chi connectivity index (χ3n) is 3.46. The lowest BCUT2D eigenvalue weighted by Gasteiger charge is -2.07. The Kier molecular flexibility index (Phi) is 6.12. The molecule has 136 valence electrons. The second-order valence-electron chi connectivity index (χ2n) is 5.39. The molecule has 27 heavy (non-hydrogen) atoms. The first-order valence-corrected chi connectivity index (χ1v) is 8.32. The van der Waals surface area contributed by atoms with E-state index in [1.54, 1.807) is 60.9 Å². The summed E-state index contributed by atoms with van der Waals surface area (Å²) in [5.41, 5.74) is 1.55. The van der Waals surface area contributed by atoms with Crippen molar-refractivity contribution >= 4 is 23.3 Å². The van der Waals surface area contributed by atoms with E-state index in [-0.39, 0.29) is 12.4 Å². The number of ether oxygens (including phenoxy) is 1. The summed E-state index contributed by atoms with van der Waals surface area (Å²) >= 11 is 5.79. The Balaban J connectivity index is 1.72. The van der Waals surface area contributed by atoms with Crippen LogP contribution in [0.1, 0.15) is 11.1 Å². The summed E-state index contributed by atoms with van der Waals surface area (Å²) in [6.07, 6.45) is 3.18. The standard InChI is InChI=1S/C20H14ClFN2O3/c21-16-5-9-18(10-6-16)26-13-19(25)27-24-20(15-2-1-11-23-12-15)14-3-7-17(22)8-4-14/h1-12H,13H2. The Morgan fingerprint density at radius 1 is 1.04 bits per heavy atom. The zero-order valence-corrected chi connectivity index (χ0v) is 14.8. The van der Waals surface area contributed by atoms with E-state index < -0.39 is 5.97 Å². The van der Waals surface area contributed by atoms with Crippen molar-refractivity contribution in [3.8, 4) is 5.75 Å². The van der Waals surface area contributed by atoms with Gasteiger partial charge in [0.25, 0.3) is 0 Å². The first kappa shape index (κ1) is 18.5. The van der Waals surface area contributed by atoms with E-state index in [0.29, 0.717) is 27.6 Å². The number of pyridine rings is 1. The first-order chi connectivity index (χ1) is 13.1. The molecular weight excluding hydrogens is 371 g/mol. The largest absolute Gasteiger partial charge is 0.482 e. The highest BCUT2D eigenvalue weighted by Crippen LogP contribution is 2.16. The summed E-state index contributed by atoms with van der Waals surface area (Å²) in [5.74, 6) is -0.586. The topological polar surface area (TPSA) is 60.8 Å². The Labute approximate surface area is 160 Å². The van der Waals surface area contributed by atoms with Gasteiger partial charge in [0, 0.05) is 28.5 Å². The van der Waals surface area contributed by atoms with E-state index in [0.717, 1.165) is 0 Å². The number of hydrogen-bond donors (Lipinski definition) is 0. The number of carbonyl (C=O) groups excluding carboxylic acids is 1. The van der Waals surface area contributed by atoms with Crippen molar-refractivity contribution in [1.29, 1.82) is 0 Å². The molecule has 0 unspecified atom stereocenters. The molecule has 0 aliphatic heterocycles. The van der Waals surface area contributed by atoms with E-state index in [9.17, 15) is 9.18 Å². The summed E-state index contributed by atoms with van der Waals surface area (Å²) in [6.45, 7) is -0.325. The number of carbonyl (C=O) groups is 1. The van der Waals surface area contributed by atoms with Crippen molar-refractivity contribution < 1.29 is 18.8 Å². The molecule has 2 aromatic carbocycles. The number of nitrogens with zero attached hydrogens (tertiary/aromatic N) is 2. The maximum absolute atomic E-state index is 13.2. The van der Waals surface area contributed by atoms with Crippen LogP contribution in [0, 0.1) is 5.82 Å². The van der Waals surface area contributed by atoms with Gasteiger partial charge in [-0.3, -0.25) is 4.98 Å². The molecule has 5 nitrogen and oxygen atoms in total. The molecule has 0 fully saturated rings.